The van der Waals surface area contributed by atoms with Crippen molar-refractivity contribution in [3.8, 4) is 28.7 Å². The summed E-state index contributed by atoms with van der Waals surface area (Å²) in [7, 11) is 3.02. The molecule has 4 atom stereocenters. The second kappa shape index (κ2) is 30.7. The molecule has 0 unspecified atom stereocenters. The number of carbonyl (C=O) groups is 4. The van der Waals surface area contributed by atoms with Gasteiger partial charge in [-0.2, -0.15) is 10.2 Å². The Bertz CT molecular complexity index is 3980. The summed E-state index contributed by atoms with van der Waals surface area (Å²) in [5.41, 5.74) is -1.61. The number of methoxy groups -OCH3 is 1. The van der Waals surface area contributed by atoms with Crippen LogP contribution in [-0.4, -0.2) is 160 Å². The molecular formula is C68H72Cl3F3N10O9. The number of aromatic nitrogens is 2. The first kappa shape index (κ1) is 69.1. The van der Waals surface area contributed by atoms with E-state index in [9.17, 15) is 29.5 Å². The number of likely N-dealkylation sites (N-methyl/N-ethyl adjacent to an activating group) is 1. The number of hydrogen-bond donors (Lipinski definition) is 5. The highest BCUT2D eigenvalue weighted by molar-refractivity contribution is 6.35. The third-order valence-electron chi connectivity index (χ3n) is 16.4. The first-order valence-electron chi connectivity index (χ1n) is 30.2. The normalized spacial score (nSPS) is 17.3. The van der Waals surface area contributed by atoms with Gasteiger partial charge in [-0.05, 0) is 94.4 Å². The Morgan fingerprint density at radius 3 is 2.27 bits per heavy atom. The van der Waals surface area contributed by atoms with Crippen molar-refractivity contribution < 1.29 is 56.4 Å². The van der Waals surface area contributed by atoms with E-state index in [4.69, 9.17) is 58.7 Å². The van der Waals surface area contributed by atoms with Crippen LogP contribution in [0.1, 0.15) is 61.0 Å². The number of nitriles is 1. The number of phenols is 1. The van der Waals surface area contributed by atoms with Crippen LogP contribution in [0.4, 0.5) is 30.6 Å². The van der Waals surface area contributed by atoms with Gasteiger partial charge in [0.25, 0.3) is 5.91 Å². The number of carbonyl (C=O) groups excluding carboxylic acids is 4. The van der Waals surface area contributed by atoms with E-state index >= 15 is 13.2 Å². The summed E-state index contributed by atoms with van der Waals surface area (Å²) in [4.78, 5) is 68.0. The van der Waals surface area contributed by atoms with Gasteiger partial charge < -0.3 is 60.0 Å². The molecule has 0 aliphatic carbocycles. The molecule has 4 amide bonds. The number of amides is 4. The van der Waals surface area contributed by atoms with E-state index in [0.717, 1.165) is 6.07 Å². The van der Waals surface area contributed by atoms with E-state index in [1.807, 2.05) is 49.9 Å². The van der Waals surface area contributed by atoms with Gasteiger partial charge >= 0.3 is 0 Å². The topological polar surface area (TPSA) is 233 Å². The van der Waals surface area contributed by atoms with Crippen molar-refractivity contribution in [3.63, 3.8) is 0 Å². The first-order valence-corrected chi connectivity index (χ1v) is 31.3. The van der Waals surface area contributed by atoms with Crippen LogP contribution in [0.5, 0.6) is 11.5 Å². The number of nitrogens with one attached hydrogen (secondary N) is 4. The zero-order chi connectivity index (χ0) is 66.7. The Balaban J connectivity index is 0.710. The van der Waals surface area contributed by atoms with Crippen molar-refractivity contribution in [1.82, 2.24) is 30.4 Å². The molecule has 2 aliphatic rings. The average molecular weight is 1340 g/mol. The number of anilines is 3. The Hall–Kier alpha value is -8.27. The van der Waals surface area contributed by atoms with Gasteiger partial charge in [-0.25, -0.2) is 18.2 Å². The lowest BCUT2D eigenvalue weighted by molar-refractivity contribution is -0.130. The van der Waals surface area contributed by atoms with E-state index in [2.05, 4.69) is 38.9 Å². The van der Waals surface area contributed by atoms with Crippen LogP contribution < -0.4 is 30.9 Å². The zero-order valence-electron chi connectivity index (χ0n) is 52.0. The van der Waals surface area contributed by atoms with Crippen molar-refractivity contribution in [2.45, 2.75) is 57.0 Å². The molecule has 2 saturated heterocycles. The van der Waals surface area contributed by atoms with Crippen LogP contribution in [-0.2, 0) is 34.0 Å². The molecule has 0 spiro atoms. The number of piperazine rings is 1. The lowest BCUT2D eigenvalue weighted by atomic mass is 9.62. The molecule has 6 aromatic carbocycles. The Morgan fingerprint density at radius 2 is 1.57 bits per heavy atom. The summed E-state index contributed by atoms with van der Waals surface area (Å²) in [6, 6.07) is 24.7. The van der Waals surface area contributed by atoms with Gasteiger partial charge in [0.15, 0.2) is 5.82 Å². The van der Waals surface area contributed by atoms with Crippen LogP contribution in [0.25, 0.3) is 32.8 Å². The van der Waals surface area contributed by atoms with Crippen LogP contribution >= 0.6 is 34.8 Å². The number of rotatable bonds is 26. The summed E-state index contributed by atoms with van der Waals surface area (Å²) in [5, 5.41) is 35.5. The predicted octanol–water partition coefficient (Wildman–Crippen LogP) is 11.1. The van der Waals surface area contributed by atoms with Crippen molar-refractivity contribution in [1.29, 1.82) is 5.26 Å². The lowest BCUT2D eigenvalue weighted by Gasteiger charge is -2.37. The molecule has 5 N–H and O–H groups in total. The van der Waals surface area contributed by atoms with Gasteiger partial charge in [0, 0.05) is 98.3 Å². The molecule has 25 heteroatoms. The van der Waals surface area contributed by atoms with E-state index in [0.29, 0.717) is 60.3 Å². The largest absolute Gasteiger partial charge is 0.508 e. The maximum absolute atomic E-state index is 17.0. The molecule has 0 bridgehead atoms. The highest BCUT2D eigenvalue weighted by atomic mass is 35.5. The minimum atomic E-state index is -1.84. The van der Waals surface area contributed by atoms with E-state index < -0.39 is 58.1 Å². The number of phenolic OH excluding ortho intramolecular Hbond substituents is 1. The third-order valence-corrected chi connectivity index (χ3v) is 17.2. The predicted molar refractivity (Wildman–Crippen MR) is 353 cm³/mol. The Morgan fingerprint density at radius 1 is 0.849 bits per heavy atom. The molecule has 0 radical (unpaired) electrons. The van der Waals surface area contributed by atoms with Gasteiger partial charge in [0.1, 0.15) is 39.9 Å². The van der Waals surface area contributed by atoms with Gasteiger partial charge in [0.05, 0.1) is 74.6 Å². The Labute approximate surface area is 552 Å². The molecule has 19 nitrogen and oxygen atoms in total. The van der Waals surface area contributed by atoms with Gasteiger partial charge in [-0.3, -0.25) is 19.2 Å². The molecule has 9 rings (SSSR count). The highest BCUT2D eigenvalue weighted by Crippen LogP contribution is 2.53. The van der Waals surface area contributed by atoms with Crippen LogP contribution in [0.2, 0.25) is 15.1 Å². The van der Waals surface area contributed by atoms with Gasteiger partial charge in [-0.1, -0.05) is 105 Å². The monoisotopic (exact) mass is 1330 g/mol. The smallest absolute Gasteiger partial charge is 0.251 e. The number of halogens is 6. The molecule has 93 heavy (non-hydrogen) atoms. The summed E-state index contributed by atoms with van der Waals surface area (Å²) in [6.45, 7) is 12.9. The number of nitrogens with zero attached hydrogens (tertiary/aromatic N) is 6. The molecule has 2 aliphatic heterocycles. The number of benzene rings is 6. The van der Waals surface area contributed by atoms with E-state index in [1.165, 1.54) is 72.7 Å². The van der Waals surface area contributed by atoms with E-state index in [-0.39, 0.29) is 143 Å². The van der Waals surface area contributed by atoms with Gasteiger partial charge in [-0.15, -0.1) is 0 Å². The fourth-order valence-electron chi connectivity index (χ4n) is 11.9. The van der Waals surface area contributed by atoms with Crippen LogP contribution in [0.15, 0.2) is 110 Å². The molecule has 7 aromatic rings. The summed E-state index contributed by atoms with van der Waals surface area (Å²) >= 11 is 19.4. The maximum atomic E-state index is 17.0. The van der Waals surface area contributed by atoms with Gasteiger partial charge in [0.2, 0.25) is 23.7 Å². The molecule has 490 valence electrons. The number of fused-ring (bicyclic) bond motifs is 2. The molecule has 3 heterocycles. The van der Waals surface area contributed by atoms with Crippen molar-refractivity contribution >= 4 is 97.6 Å². The lowest BCUT2D eigenvalue weighted by Crippen LogP contribution is -2.48. The fraction of sp³-hybridized carbons (Fsp3) is 0.368. The average Bonchev–Trinajstić information content (AvgIpc) is 1.61. The molecule has 1 aromatic heterocycles. The van der Waals surface area contributed by atoms with Crippen LogP contribution in [0, 0.1) is 34.2 Å². The maximum Gasteiger partial charge on any atom is 0.251 e. The first-order chi connectivity index (χ1) is 44.6. The van der Waals surface area contributed by atoms with Crippen molar-refractivity contribution in [2.24, 2.45) is 5.41 Å². The minimum Gasteiger partial charge on any atom is -0.508 e. The summed E-state index contributed by atoms with van der Waals surface area (Å²) in [6.07, 6.45) is 1.59. The second-order valence-electron chi connectivity index (χ2n) is 23.7. The molecule has 2 fully saturated rings. The standard InChI is InChI=1S/C68H72Cl3F3N10O9/c1-7-55(86)83-22-24-84(25-23-83)63-47-37-50(71)57(46-36-43(85)33-40-11-8-9-12-44(40)46)60(74)61(47)80-66(81-63)77-20-19-56(87)82(5)26-28-92-30-32-93-31-29-91-27-21-76-64(88)41-15-18-52(53(34-41)90-6)78-65(89)62-58(45-13-10-14-49(70)59(45)73)68(39-75,54(79-62)38-67(2,3)4)48-17-16-42(69)35-51(48)72/h7-18,33-37,54,58,62,79,85H,1,19-32,38H2,2-6H3,(H,76,88)(H,78,89)(H,77,80,81)/t54-,58-,62+,68-/m0/s1. The second-order valence-corrected chi connectivity index (χ2v) is 25.0. The molecular weight excluding hydrogens is 1260 g/mol. The quantitative estimate of drug-likeness (QED) is 0.0251. The van der Waals surface area contributed by atoms with E-state index in [1.54, 1.807) is 24.1 Å². The fourth-order valence-corrected chi connectivity index (χ4v) is 12.5. The van der Waals surface area contributed by atoms with Crippen molar-refractivity contribution in [3.05, 3.63) is 159 Å². The number of aromatic hydroxyl groups is 1. The number of hydrogen-bond acceptors (Lipinski definition) is 15. The summed E-state index contributed by atoms with van der Waals surface area (Å²) < 4.78 is 72.0. The zero-order valence-corrected chi connectivity index (χ0v) is 54.3. The summed E-state index contributed by atoms with van der Waals surface area (Å²) in [5.74, 6) is -4.64. The third kappa shape index (κ3) is 15.9. The number of ether oxygens (including phenoxy) is 4. The SMILES string of the molecule is C=CC(=O)N1CCN(c2nc(NCCC(=O)N(C)CCOCCOCCOCCNC(=O)c3ccc(NC(=O)[C@@H]4N[C@@H](CC(C)(C)C)[C@](C#N)(c5ccc(Cl)cc5F)[C@H]4c4cccc(Cl)c4F)c(OC)c3)nc3c(F)c(-c4cc(O)cc5ccccc45)c(Cl)cc23)CC1. The van der Waals surface area contributed by atoms with Crippen LogP contribution in [0.3, 0.4) is 0 Å². The molecule has 0 saturated carbocycles. The van der Waals surface area contributed by atoms with Crippen molar-refractivity contribution in [2.75, 3.05) is 115 Å². The minimum absolute atomic E-state index is 0.0189. The Kier molecular flexibility index (Phi) is 22.8. The highest BCUT2D eigenvalue weighted by Gasteiger charge is 2.61.